The van der Waals surface area contributed by atoms with Crippen LogP contribution < -0.4 is 15.4 Å². The van der Waals surface area contributed by atoms with Crippen LogP contribution in [0.25, 0.3) is 33.3 Å². The Balaban J connectivity index is 1.31. The zero-order chi connectivity index (χ0) is 27.5. The van der Waals surface area contributed by atoms with Gasteiger partial charge >= 0.3 is 0 Å². The van der Waals surface area contributed by atoms with Gasteiger partial charge in [-0.05, 0) is 76.9 Å². The van der Waals surface area contributed by atoms with E-state index in [1.165, 1.54) is 11.3 Å². The number of piperazine rings is 1. The number of hydrogen-bond acceptors (Lipinski definition) is 5. The fourth-order valence-electron chi connectivity index (χ4n) is 6.50. The van der Waals surface area contributed by atoms with Gasteiger partial charge in [-0.15, -0.1) is 0 Å². The van der Waals surface area contributed by atoms with Crippen molar-refractivity contribution in [2.24, 2.45) is 0 Å². The van der Waals surface area contributed by atoms with E-state index in [1.54, 1.807) is 6.07 Å². The monoisotopic (exact) mass is 524 g/mol. The molecule has 0 saturated carbocycles. The molecule has 0 atom stereocenters. The maximum absolute atomic E-state index is 13.2. The molecule has 39 heavy (non-hydrogen) atoms. The van der Waals surface area contributed by atoms with Gasteiger partial charge in [-0.2, -0.15) is 0 Å². The minimum atomic E-state index is -0.159. The zero-order valence-corrected chi connectivity index (χ0v) is 24.0. The first-order chi connectivity index (χ1) is 18.6. The van der Waals surface area contributed by atoms with Crippen molar-refractivity contribution in [1.82, 2.24) is 19.4 Å². The number of nitrogens with zero attached hydrogens (tertiary/aromatic N) is 5. The molecule has 2 aromatic heterocycles. The van der Waals surface area contributed by atoms with Crippen molar-refractivity contribution in [3.05, 3.63) is 65.1 Å². The van der Waals surface area contributed by atoms with Crippen molar-refractivity contribution in [3.63, 3.8) is 0 Å². The van der Waals surface area contributed by atoms with E-state index in [2.05, 4.69) is 104 Å². The number of hydrogen-bond donors (Lipinski definition) is 1. The highest BCUT2D eigenvalue weighted by molar-refractivity contribution is 5.97. The standard InChI is InChI=1S/C32H40N6O/c1-21(2)35-13-15-36(16-14-35)25-10-7-23(8-11-25)24-9-12-28-26(17-24)27(19-33-28)29-18-30(39)37-20-32(5,6)38(22(3)4)31(37)34-29/h7-12,17-19,21-22,33H,13-16,20H2,1-6H3. The van der Waals surface area contributed by atoms with E-state index >= 15 is 0 Å². The number of H-pyrrole nitrogens is 1. The highest BCUT2D eigenvalue weighted by atomic mass is 16.1. The van der Waals surface area contributed by atoms with E-state index in [0.29, 0.717) is 18.3 Å². The van der Waals surface area contributed by atoms with E-state index in [0.717, 1.165) is 54.2 Å². The summed E-state index contributed by atoms with van der Waals surface area (Å²) >= 11 is 0. The molecule has 0 spiro atoms. The van der Waals surface area contributed by atoms with Crippen LogP contribution in [0.1, 0.15) is 41.5 Å². The van der Waals surface area contributed by atoms with Crippen molar-refractivity contribution >= 4 is 22.5 Å². The molecule has 4 heterocycles. The van der Waals surface area contributed by atoms with E-state index in [-0.39, 0.29) is 17.1 Å². The van der Waals surface area contributed by atoms with Crippen LogP contribution in [0.3, 0.4) is 0 Å². The smallest absolute Gasteiger partial charge is 0.255 e. The Labute approximate surface area is 231 Å². The quantitative estimate of drug-likeness (QED) is 0.369. The Morgan fingerprint density at radius 3 is 2.23 bits per heavy atom. The lowest BCUT2D eigenvalue weighted by Crippen LogP contribution is -2.48. The molecule has 0 aliphatic carbocycles. The molecule has 2 aliphatic heterocycles. The Morgan fingerprint density at radius 2 is 1.56 bits per heavy atom. The van der Waals surface area contributed by atoms with Gasteiger partial charge in [-0.3, -0.25) is 14.3 Å². The van der Waals surface area contributed by atoms with Crippen LogP contribution in [-0.4, -0.2) is 63.2 Å². The third kappa shape index (κ3) is 4.52. The fourth-order valence-corrected chi connectivity index (χ4v) is 6.50. The molecule has 1 N–H and O–H groups in total. The molecular formula is C32H40N6O. The SMILES string of the molecule is CC(C)N1CCN(c2ccc(-c3ccc4[nH]cc(-c5cc(=O)n6c(n5)N(C(C)C)C(C)(C)C6)c4c3)cc2)CC1. The molecule has 4 aromatic rings. The Hall–Kier alpha value is -3.58. The van der Waals surface area contributed by atoms with Crippen molar-refractivity contribution in [2.75, 3.05) is 36.0 Å². The van der Waals surface area contributed by atoms with Gasteiger partial charge < -0.3 is 14.8 Å². The molecular weight excluding hydrogens is 484 g/mol. The maximum Gasteiger partial charge on any atom is 0.255 e. The van der Waals surface area contributed by atoms with Crippen molar-refractivity contribution in [3.8, 4) is 22.4 Å². The lowest BCUT2D eigenvalue weighted by atomic mass is 10.0. The largest absolute Gasteiger partial charge is 0.369 e. The van der Waals surface area contributed by atoms with Crippen LogP contribution in [0.15, 0.2) is 59.5 Å². The second-order valence-corrected chi connectivity index (χ2v) is 12.3. The van der Waals surface area contributed by atoms with Gasteiger partial charge in [0.15, 0.2) is 0 Å². The van der Waals surface area contributed by atoms with E-state index in [9.17, 15) is 4.79 Å². The first kappa shape index (κ1) is 25.7. The lowest BCUT2D eigenvalue weighted by molar-refractivity contribution is 0.209. The van der Waals surface area contributed by atoms with Crippen molar-refractivity contribution in [2.45, 2.75) is 65.7 Å². The Morgan fingerprint density at radius 1 is 0.872 bits per heavy atom. The van der Waals surface area contributed by atoms with Crippen LogP contribution in [-0.2, 0) is 6.54 Å². The molecule has 0 unspecified atom stereocenters. The second kappa shape index (κ2) is 9.56. The Kier molecular flexibility index (Phi) is 6.29. The summed E-state index contributed by atoms with van der Waals surface area (Å²) in [7, 11) is 0. The van der Waals surface area contributed by atoms with Crippen LogP contribution in [0, 0.1) is 0 Å². The summed E-state index contributed by atoms with van der Waals surface area (Å²) in [6.45, 7) is 18.2. The average Bonchev–Trinajstić information content (AvgIpc) is 3.46. The summed E-state index contributed by atoms with van der Waals surface area (Å²) in [5.74, 6) is 0.757. The first-order valence-corrected chi connectivity index (χ1v) is 14.2. The van der Waals surface area contributed by atoms with Gasteiger partial charge in [-0.1, -0.05) is 18.2 Å². The molecule has 2 aliphatic rings. The van der Waals surface area contributed by atoms with E-state index in [1.807, 2.05) is 10.8 Å². The van der Waals surface area contributed by atoms with Gasteiger partial charge in [0.25, 0.3) is 5.56 Å². The number of aromatic nitrogens is 3. The van der Waals surface area contributed by atoms with Gasteiger partial charge in [0.05, 0.1) is 17.8 Å². The number of fused-ring (bicyclic) bond motifs is 2. The third-order valence-corrected chi connectivity index (χ3v) is 8.49. The molecule has 2 aromatic carbocycles. The number of anilines is 2. The molecule has 7 nitrogen and oxygen atoms in total. The number of nitrogens with one attached hydrogen (secondary N) is 1. The molecule has 6 rings (SSSR count). The second-order valence-electron chi connectivity index (χ2n) is 12.3. The first-order valence-electron chi connectivity index (χ1n) is 14.2. The normalized spacial score (nSPS) is 17.5. The molecule has 7 heteroatoms. The fraction of sp³-hybridized carbons (Fsp3) is 0.438. The van der Waals surface area contributed by atoms with Gasteiger partial charge in [0, 0.05) is 72.7 Å². The summed E-state index contributed by atoms with van der Waals surface area (Å²) in [5.41, 5.74) is 6.18. The molecule has 204 valence electrons. The third-order valence-electron chi connectivity index (χ3n) is 8.49. The zero-order valence-electron chi connectivity index (χ0n) is 24.0. The van der Waals surface area contributed by atoms with Crippen LogP contribution in [0.2, 0.25) is 0 Å². The minimum absolute atomic E-state index is 0.00143. The van der Waals surface area contributed by atoms with Gasteiger partial charge in [-0.25, -0.2) is 4.98 Å². The lowest BCUT2D eigenvalue weighted by Gasteiger charge is -2.38. The average molecular weight is 525 g/mol. The maximum atomic E-state index is 13.2. The van der Waals surface area contributed by atoms with Crippen molar-refractivity contribution in [1.29, 1.82) is 0 Å². The van der Waals surface area contributed by atoms with Gasteiger partial charge in [0.2, 0.25) is 5.95 Å². The van der Waals surface area contributed by atoms with Crippen LogP contribution >= 0.6 is 0 Å². The minimum Gasteiger partial charge on any atom is -0.369 e. The number of aromatic amines is 1. The summed E-state index contributed by atoms with van der Waals surface area (Å²) < 4.78 is 1.81. The highest BCUT2D eigenvalue weighted by Gasteiger charge is 2.39. The number of benzene rings is 2. The van der Waals surface area contributed by atoms with E-state index < -0.39 is 0 Å². The molecule has 0 amide bonds. The molecule has 1 saturated heterocycles. The summed E-state index contributed by atoms with van der Waals surface area (Å²) in [6, 6.07) is 18.0. The number of rotatable bonds is 5. The predicted molar refractivity (Wildman–Crippen MR) is 162 cm³/mol. The molecule has 1 fully saturated rings. The summed E-state index contributed by atoms with van der Waals surface area (Å²) in [5, 5.41) is 1.08. The molecule has 0 radical (unpaired) electrons. The topological polar surface area (TPSA) is 60.4 Å². The van der Waals surface area contributed by atoms with E-state index in [4.69, 9.17) is 4.98 Å². The van der Waals surface area contributed by atoms with Crippen LogP contribution in [0.4, 0.5) is 11.6 Å². The Bertz CT molecular complexity index is 1550. The predicted octanol–water partition coefficient (Wildman–Crippen LogP) is 5.60. The van der Waals surface area contributed by atoms with Crippen LogP contribution in [0.5, 0.6) is 0 Å². The van der Waals surface area contributed by atoms with Crippen molar-refractivity contribution < 1.29 is 0 Å². The summed E-state index contributed by atoms with van der Waals surface area (Å²) in [6.07, 6.45) is 1.98. The van der Waals surface area contributed by atoms with Gasteiger partial charge in [0.1, 0.15) is 0 Å². The summed E-state index contributed by atoms with van der Waals surface area (Å²) in [4.78, 5) is 28.9. The molecule has 0 bridgehead atoms. The highest BCUT2D eigenvalue weighted by Crippen LogP contribution is 2.36.